The van der Waals surface area contributed by atoms with Gasteiger partial charge in [-0.25, -0.2) is 0 Å². The number of aryl methyl sites for hydroxylation is 3. The van der Waals surface area contributed by atoms with E-state index in [1.807, 2.05) is 11.8 Å². The molecule has 4 rings (SSSR count). The molecule has 2 aliphatic heterocycles. The Labute approximate surface area is 169 Å². The van der Waals surface area contributed by atoms with E-state index in [1.54, 1.807) is 31.8 Å². The molecule has 1 spiro atoms. The second kappa shape index (κ2) is 7.10. The van der Waals surface area contributed by atoms with Gasteiger partial charge in [0.2, 0.25) is 5.89 Å². The van der Waals surface area contributed by atoms with Gasteiger partial charge in [0.25, 0.3) is 11.9 Å². The standard InChI is InChI=1S/C19H28N6O4/c1-12-14(11-24(4)22-12)15(26)21-18(3)7-10-28-19(16(18)27)5-8-25(9-6-19)17-20-13(2)29-23-17/h11,16,27H,5-10H2,1-4H3,(H,21,26)/t16-,18+/m1/s1. The molecule has 0 bridgehead atoms. The summed E-state index contributed by atoms with van der Waals surface area (Å²) in [6.45, 7) is 7.20. The van der Waals surface area contributed by atoms with Crippen molar-refractivity contribution >= 4 is 11.9 Å². The summed E-state index contributed by atoms with van der Waals surface area (Å²) in [4.78, 5) is 19.2. The van der Waals surface area contributed by atoms with Crippen molar-refractivity contribution in [2.75, 3.05) is 24.6 Å². The van der Waals surface area contributed by atoms with E-state index in [1.165, 1.54) is 0 Å². The fourth-order valence-corrected chi connectivity index (χ4v) is 4.46. The Hall–Kier alpha value is -2.46. The minimum Gasteiger partial charge on any atom is -0.388 e. The predicted octanol–water partition coefficient (Wildman–Crippen LogP) is 0.729. The quantitative estimate of drug-likeness (QED) is 0.769. The first kappa shape index (κ1) is 19.8. The number of aliphatic hydroxyl groups excluding tert-OH is 1. The molecule has 2 N–H and O–H groups in total. The fourth-order valence-electron chi connectivity index (χ4n) is 4.46. The maximum Gasteiger partial charge on any atom is 0.266 e. The second-order valence-corrected chi connectivity index (χ2v) is 8.34. The lowest BCUT2D eigenvalue weighted by Gasteiger charge is -2.53. The van der Waals surface area contributed by atoms with Gasteiger partial charge >= 0.3 is 0 Å². The maximum absolute atomic E-state index is 12.9. The minimum absolute atomic E-state index is 0.228. The molecule has 29 heavy (non-hydrogen) atoms. The molecule has 10 nitrogen and oxygen atoms in total. The molecule has 2 aliphatic rings. The highest BCUT2D eigenvalue weighted by Crippen LogP contribution is 2.40. The van der Waals surface area contributed by atoms with Crippen molar-refractivity contribution in [2.24, 2.45) is 7.05 Å². The average molecular weight is 404 g/mol. The Morgan fingerprint density at radius 3 is 2.62 bits per heavy atom. The van der Waals surface area contributed by atoms with Gasteiger partial charge in [-0.1, -0.05) is 0 Å². The lowest BCUT2D eigenvalue weighted by Crippen LogP contribution is -2.69. The van der Waals surface area contributed by atoms with Crippen LogP contribution in [0.1, 0.15) is 48.1 Å². The minimum atomic E-state index is -0.834. The van der Waals surface area contributed by atoms with E-state index in [-0.39, 0.29) is 5.91 Å². The molecule has 2 saturated heterocycles. The van der Waals surface area contributed by atoms with Gasteiger partial charge < -0.3 is 24.6 Å². The molecule has 0 aliphatic carbocycles. The highest BCUT2D eigenvalue weighted by molar-refractivity contribution is 5.95. The highest BCUT2D eigenvalue weighted by Gasteiger charge is 2.54. The van der Waals surface area contributed by atoms with Crippen molar-refractivity contribution in [3.05, 3.63) is 23.3 Å². The zero-order valence-electron chi connectivity index (χ0n) is 17.3. The van der Waals surface area contributed by atoms with E-state index >= 15 is 0 Å². The summed E-state index contributed by atoms with van der Waals surface area (Å²) < 4.78 is 12.8. The number of nitrogens with zero attached hydrogens (tertiary/aromatic N) is 5. The average Bonchev–Trinajstić information content (AvgIpc) is 3.25. The Bertz CT molecular complexity index is 900. The maximum atomic E-state index is 12.9. The topological polar surface area (TPSA) is 119 Å². The van der Waals surface area contributed by atoms with Crippen LogP contribution in [0.25, 0.3) is 0 Å². The van der Waals surface area contributed by atoms with Crippen LogP contribution in [0, 0.1) is 13.8 Å². The number of aromatic nitrogens is 4. The Morgan fingerprint density at radius 1 is 1.31 bits per heavy atom. The van der Waals surface area contributed by atoms with Gasteiger partial charge in [-0.05, 0) is 38.3 Å². The first-order valence-electron chi connectivity index (χ1n) is 9.92. The van der Waals surface area contributed by atoms with Gasteiger partial charge in [0.05, 0.1) is 22.4 Å². The SMILES string of the molecule is Cc1nc(N2CCC3(CC2)OCC[C@](C)(NC(=O)c2cn(C)nc2C)[C@H]3O)no1. The number of ether oxygens (including phenoxy) is 1. The number of rotatable bonds is 3. The third-order valence-electron chi connectivity index (χ3n) is 6.18. The van der Waals surface area contributed by atoms with Crippen molar-refractivity contribution < 1.29 is 19.2 Å². The van der Waals surface area contributed by atoms with Crippen LogP contribution in [0.4, 0.5) is 5.95 Å². The molecule has 158 valence electrons. The third-order valence-corrected chi connectivity index (χ3v) is 6.18. The lowest BCUT2D eigenvalue weighted by atomic mass is 9.73. The summed E-state index contributed by atoms with van der Waals surface area (Å²) in [5, 5.41) is 22.6. The number of nitrogens with one attached hydrogen (secondary N) is 1. The van der Waals surface area contributed by atoms with Crippen LogP contribution in [-0.2, 0) is 11.8 Å². The van der Waals surface area contributed by atoms with Gasteiger partial charge in [-0.3, -0.25) is 9.48 Å². The normalized spacial score (nSPS) is 26.7. The van der Waals surface area contributed by atoms with Gasteiger partial charge in [0.1, 0.15) is 6.10 Å². The van der Waals surface area contributed by atoms with E-state index in [4.69, 9.17) is 9.26 Å². The van der Waals surface area contributed by atoms with E-state index in [2.05, 4.69) is 20.6 Å². The molecule has 4 heterocycles. The predicted molar refractivity (Wildman–Crippen MR) is 104 cm³/mol. The zero-order valence-corrected chi connectivity index (χ0v) is 17.3. The molecule has 2 aromatic heterocycles. The Balaban J connectivity index is 1.48. The summed E-state index contributed by atoms with van der Waals surface area (Å²) in [5.74, 6) is 0.856. The van der Waals surface area contributed by atoms with Gasteiger partial charge in [0.15, 0.2) is 0 Å². The number of hydrogen-bond acceptors (Lipinski definition) is 8. The van der Waals surface area contributed by atoms with Gasteiger partial charge in [0, 0.05) is 39.9 Å². The van der Waals surface area contributed by atoms with Crippen molar-refractivity contribution in [1.29, 1.82) is 0 Å². The van der Waals surface area contributed by atoms with Gasteiger partial charge in [-0.15, -0.1) is 0 Å². The number of aliphatic hydroxyl groups is 1. The number of amides is 1. The molecule has 0 unspecified atom stereocenters. The molecule has 2 aromatic rings. The molecular weight excluding hydrogens is 376 g/mol. The summed E-state index contributed by atoms with van der Waals surface area (Å²) in [6.07, 6.45) is 2.62. The summed E-state index contributed by atoms with van der Waals surface area (Å²) in [6, 6.07) is 0. The molecule has 10 heteroatoms. The number of carbonyl (C=O) groups is 1. The molecule has 2 atom stereocenters. The monoisotopic (exact) mass is 404 g/mol. The van der Waals surface area contributed by atoms with Crippen LogP contribution in [0.3, 0.4) is 0 Å². The van der Waals surface area contributed by atoms with Crippen LogP contribution in [0.5, 0.6) is 0 Å². The second-order valence-electron chi connectivity index (χ2n) is 8.34. The van der Waals surface area contributed by atoms with E-state index in [0.717, 1.165) is 0 Å². The van der Waals surface area contributed by atoms with Crippen molar-refractivity contribution in [3.8, 4) is 0 Å². The Morgan fingerprint density at radius 2 is 2.03 bits per heavy atom. The van der Waals surface area contributed by atoms with Crippen LogP contribution in [0.2, 0.25) is 0 Å². The number of carbonyl (C=O) groups excluding carboxylic acids is 1. The van der Waals surface area contributed by atoms with Crippen LogP contribution in [-0.4, -0.2) is 67.9 Å². The van der Waals surface area contributed by atoms with Crippen LogP contribution in [0.15, 0.2) is 10.7 Å². The van der Waals surface area contributed by atoms with E-state index in [9.17, 15) is 9.90 Å². The zero-order chi connectivity index (χ0) is 20.8. The molecule has 0 saturated carbocycles. The van der Waals surface area contributed by atoms with Crippen LogP contribution < -0.4 is 10.2 Å². The van der Waals surface area contributed by atoms with Gasteiger partial charge in [-0.2, -0.15) is 10.1 Å². The van der Waals surface area contributed by atoms with E-state index in [0.29, 0.717) is 62.1 Å². The number of hydrogen-bond donors (Lipinski definition) is 2. The van der Waals surface area contributed by atoms with Crippen molar-refractivity contribution in [2.45, 2.75) is 57.3 Å². The number of anilines is 1. The summed E-state index contributed by atoms with van der Waals surface area (Å²) >= 11 is 0. The lowest BCUT2D eigenvalue weighted by molar-refractivity contribution is -0.195. The molecule has 0 aromatic carbocycles. The summed E-state index contributed by atoms with van der Waals surface area (Å²) in [5.41, 5.74) is -0.320. The highest BCUT2D eigenvalue weighted by atomic mass is 16.5. The largest absolute Gasteiger partial charge is 0.388 e. The fraction of sp³-hybridized carbons (Fsp3) is 0.684. The molecule has 1 amide bonds. The molecule has 2 fully saturated rings. The first-order chi connectivity index (χ1) is 13.7. The first-order valence-corrected chi connectivity index (χ1v) is 9.92. The Kier molecular flexibility index (Phi) is 4.86. The molecule has 0 radical (unpaired) electrons. The smallest absolute Gasteiger partial charge is 0.266 e. The van der Waals surface area contributed by atoms with Crippen molar-refractivity contribution in [1.82, 2.24) is 25.2 Å². The van der Waals surface area contributed by atoms with Crippen molar-refractivity contribution in [3.63, 3.8) is 0 Å². The summed E-state index contributed by atoms with van der Waals surface area (Å²) in [7, 11) is 1.78. The van der Waals surface area contributed by atoms with E-state index < -0.39 is 17.2 Å². The number of piperidine rings is 1. The third kappa shape index (κ3) is 3.51. The van der Waals surface area contributed by atoms with Crippen LogP contribution >= 0.6 is 0 Å². The molecular formula is C19H28N6O4.